The summed E-state index contributed by atoms with van der Waals surface area (Å²) >= 11 is 7.48. The second-order valence-electron chi connectivity index (χ2n) is 7.55. The molecule has 1 amide bonds. The highest BCUT2D eigenvalue weighted by Crippen LogP contribution is 2.30. The summed E-state index contributed by atoms with van der Waals surface area (Å²) in [5.74, 6) is 0.765. The zero-order valence-corrected chi connectivity index (χ0v) is 19.1. The van der Waals surface area contributed by atoms with Crippen LogP contribution in [0.5, 0.6) is 0 Å². The predicted octanol–water partition coefficient (Wildman–Crippen LogP) is 4.92. The van der Waals surface area contributed by atoms with Gasteiger partial charge in [0, 0.05) is 29.9 Å². The molecule has 162 valence electrons. The van der Waals surface area contributed by atoms with Crippen LogP contribution < -0.4 is 4.90 Å². The first-order valence-corrected chi connectivity index (χ1v) is 11.6. The van der Waals surface area contributed by atoms with E-state index in [1.54, 1.807) is 11.9 Å². The summed E-state index contributed by atoms with van der Waals surface area (Å²) in [4.78, 5) is 14.7. The molecule has 8 heteroatoms. The Kier molecular flexibility index (Phi) is 6.95. The molecular formula is C23H25ClN4O2S. The largest absolute Gasteiger partial charge is 0.376 e. The van der Waals surface area contributed by atoms with E-state index in [1.165, 1.54) is 11.8 Å². The molecule has 1 saturated heterocycles. The van der Waals surface area contributed by atoms with Crippen LogP contribution in [0.1, 0.15) is 19.8 Å². The SMILES string of the molecule is C[C@H](Sc1nnc(-c2ccc(Cl)cc2)n1C[C@@H]1CCCO1)C(=O)N(C)c1ccccc1. The Balaban J connectivity index is 1.58. The number of amides is 1. The summed E-state index contributed by atoms with van der Waals surface area (Å²) in [5.41, 5.74) is 1.80. The maximum atomic E-state index is 13.0. The number of benzene rings is 2. The minimum Gasteiger partial charge on any atom is -0.376 e. The molecule has 0 spiro atoms. The summed E-state index contributed by atoms with van der Waals surface area (Å²) in [7, 11) is 1.80. The van der Waals surface area contributed by atoms with Crippen LogP contribution in [0.3, 0.4) is 0 Å². The van der Waals surface area contributed by atoms with E-state index < -0.39 is 0 Å². The molecule has 1 fully saturated rings. The van der Waals surface area contributed by atoms with E-state index in [1.807, 2.05) is 61.5 Å². The van der Waals surface area contributed by atoms with Crippen LogP contribution in [0, 0.1) is 0 Å². The van der Waals surface area contributed by atoms with Crippen molar-refractivity contribution in [3.8, 4) is 11.4 Å². The van der Waals surface area contributed by atoms with Gasteiger partial charge in [-0.05, 0) is 56.2 Å². The summed E-state index contributed by atoms with van der Waals surface area (Å²) in [6, 6.07) is 17.2. The van der Waals surface area contributed by atoms with Crippen LogP contribution in [-0.2, 0) is 16.1 Å². The standard InChI is InChI=1S/C23H25ClN4O2S/c1-16(22(29)27(2)19-7-4-3-5-8-19)31-23-26-25-21(17-10-12-18(24)13-11-17)28(23)15-20-9-6-14-30-20/h3-5,7-8,10-13,16,20H,6,9,14-15H2,1-2H3/t16-,20-/m0/s1. The molecule has 4 rings (SSSR count). The first kappa shape index (κ1) is 21.9. The first-order valence-electron chi connectivity index (χ1n) is 10.3. The molecule has 1 aromatic heterocycles. The third-order valence-electron chi connectivity index (χ3n) is 5.33. The Morgan fingerprint density at radius 1 is 1.23 bits per heavy atom. The van der Waals surface area contributed by atoms with Gasteiger partial charge >= 0.3 is 0 Å². The van der Waals surface area contributed by atoms with Crippen LogP contribution >= 0.6 is 23.4 Å². The third-order valence-corrected chi connectivity index (χ3v) is 6.65. The second kappa shape index (κ2) is 9.85. The fourth-order valence-corrected chi connectivity index (χ4v) is 4.68. The fraction of sp³-hybridized carbons (Fsp3) is 0.348. The highest BCUT2D eigenvalue weighted by molar-refractivity contribution is 8.00. The van der Waals surface area contributed by atoms with Crippen molar-refractivity contribution in [2.45, 2.75) is 42.8 Å². The van der Waals surface area contributed by atoms with E-state index in [2.05, 4.69) is 14.8 Å². The van der Waals surface area contributed by atoms with E-state index in [0.29, 0.717) is 16.7 Å². The Morgan fingerprint density at radius 3 is 2.65 bits per heavy atom. The molecule has 6 nitrogen and oxygen atoms in total. The fourth-order valence-electron chi connectivity index (χ4n) is 3.61. The van der Waals surface area contributed by atoms with Gasteiger partial charge < -0.3 is 9.64 Å². The number of thioether (sulfide) groups is 1. The van der Waals surface area contributed by atoms with Crippen molar-refractivity contribution in [3.05, 3.63) is 59.6 Å². The maximum absolute atomic E-state index is 13.0. The molecule has 0 unspecified atom stereocenters. The van der Waals surface area contributed by atoms with Gasteiger partial charge in [-0.3, -0.25) is 9.36 Å². The minimum atomic E-state index is -0.323. The highest BCUT2D eigenvalue weighted by Gasteiger charge is 2.26. The van der Waals surface area contributed by atoms with Crippen molar-refractivity contribution in [1.29, 1.82) is 0 Å². The van der Waals surface area contributed by atoms with Gasteiger partial charge in [-0.15, -0.1) is 10.2 Å². The van der Waals surface area contributed by atoms with Gasteiger partial charge in [-0.1, -0.05) is 41.6 Å². The van der Waals surface area contributed by atoms with Crippen LogP contribution in [0.4, 0.5) is 5.69 Å². The molecule has 0 radical (unpaired) electrons. The Hall–Kier alpha value is -2.35. The lowest BCUT2D eigenvalue weighted by Crippen LogP contribution is -2.33. The van der Waals surface area contributed by atoms with Crippen molar-refractivity contribution < 1.29 is 9.53 Å². The summed E-state index contributed by atoms with van der Waals surface area (Å²) < 4.78 is 7.92. The predicted molar refractivity (Wildman–Crippen MR) is 125 cm³/mol. The number of carbonyl (C=O) groups excluding carboxylic acids is 1. The summed E-state index contributed by atoms with van der Waals surface area (Å²) in [6.45, 7) is 3.34. The quantitative estimate of drug-likeness (QED) is 0.472. The Morgan fingerprint density at radius 2 is 1.97 bits per heavy atom. The van der Waals surface area contributed by atoms with Gasteiger partial charge in [0.2, 0.25) is 5.91 Å². The number of hydrogen-bond acceptors (Lipinski definition) is 5. The van der Waals surface area contributed by atoms with Crippen molar-refractivity contribution in [1.82, 2.24) is 14.8 Å². The van der Waals surface area contributed by atoms with Crippen molar-refractivity contribution >= 4 is 35.0 Å². The van der Waals surface area contributed by atoms with Crippen molar-refractivity contribution in [2.75, 3.05) is 18.6 Å². The number of ether oxygens (including phenoxy) is 1. The topological polar surface area (TPSA) is 60.2 Å². The average molecular weight is 457 g/mol. The molecular weight excluding hydrogens is 432 g/mol. The average Bonchev–Trinajstić information content (AvgIpc) is 3.45. The molecule has 2 aromatic carbocycles. The zero-order valence-electron chi connectivity index (χ0n) is 17.6. The zero-order chi connectivity index (χ0) is 21.8. The van der Waals surface area contributed by atoms with Gasteiger partial charge in [-0.25, -0.2) is 0 Å². The maximum Gasteiger partial charge on any atom is 0.240 e. The van der Waals surface area contributed by atoms with Gasteiger partial charge in [-0.2, -0.15) is 0 Å². The molecule has 1 aliphatic heterocycles. The van der Waals surface area contributed by atoms with Crippen molar-refractivity contribution in [2.24, 2.45) is 0 Å². The van der Waals surface area contributed by atoms with E-state index in [4.69, 9.17) is 16.3 Å². The summed E-state index contributed by atoms with van der Waals surface area (Å²) in [5, 5.41) is 9.93. The second-order valence-corrected chi connectivity index (χ2v) is 9.30. The lowest BCUT2D eigenvalue weighted by molar-refractivity contribution is -0.117. The molecule has 2 atom stereocenters. The number of aromatic nitrogens is 3. The van der Waals surface area contributed by atoms with E-state index in [-0.39, 0.29) is 17.3 Å². The van der Waals surface area contributed by atoms with Gasteiger partial charge in [0.1, 0.15) is 0 Å². The van der Waals surface area contributed by atoms with Crippen LogP contribution in [0.2, 0.25) is 5.02 Å². The Labute approximate surface area is 191 Å². The third kappa shape index (κ3) is 5.11. The number of rotatable bonds is 7. The van der Waals surface area contributed by atoms with E-state index in [9.17, 15) is 4.79 Å². The number of anilines is 1. The van der Waals surface area contributed by atoms with Gasteiger partial charge in [0.05, 0.1) is 17.9 Å². The molecule has 0 N–H and O–H groups in total. The monoisotopic (exact) mass is 456 g/mol. The van der Waals surface area contributed by atoms with Gasteiger partial charge in [0.25, 0.3) is 0 Å². The molecule has 1 aliphatic rings. The Bertz CT molecular complexity index is 1020. The molecule has 31 heavy (non-hydrogen) atoms. The van der Waals surface area contributed by atoms with Crippen LogP contribution in [0.25, 0.3) is 11.4 Å². The first-order chi connectivity index (χ1) is 15.0. The number of halogens is 1. The molecule has 2 heterocycles. The number of carbonyl (C=O) groups is 1. The highest BCUT2D eigenvalue weighted by atomic mass is 35.5. The summed E-state index contributed by atoms with van der Waals surface area (Å²) in [6.07, 6.45) is 2.19. The number of para-hydroxylation sites is 1. The molecule has 0 saturated carbocycles. The minimum absolute atomic E-state index is 0.0101. The number of nitrogens with zero attached hydrogens (tertiary/aromatic N) is 4. The number of hydrogen-bond donors (Lipinski definition) is 0. The van der Waals surface area contributed by atoms with Gasteiger partial charge in [0.15, 0.2) is 11.0 Å². The lowest BCUT2D eigenvalue weighted by Gasteiger charge is -2.21. The van der Waals surface area contributed by atoms with Crippen molar-refractivity contribution in [3.63, 3.8) is 0 Å². The lowest BCUT2D eigenvalue weighted by atomic mass is 10.2. The van der Waals surface area contributed by atoms with E-state index in [0.717, 1.165) is 36.5 Å². The molecule has 0 bridgehead atoms. The van der Waals surface area contributed by atoms with E-state index >= 15 is 0 Å². The molecule has 0 aliphatic carbocycles. The smallest absolute Gasteiger partial charge is 0.240 e. The molecule has 3 aromatic rings. The van der Waals surface area contributed by atoms with Crippen LogP contribution in [0.15, 0.2) is 59.8 Å². The van der Waals surface area contributed by atoms with Crippen LogP contribution in [-0.4, -0.2) is 45.7 Å². The normalized spacial score (nSPS) is 16.9.